The van der Waals surface area contributed by atoms with Crippen LogP contribution >= 0.6 is 0 Å². The van der Waals surface area contributed by atoms with Gasteiger partial charge in [0.25, 0.3) is 5.56 Å². The molecule has 0 bridgehead atoms. The van der Waals surface area contributed by atoms with Crippen molar-refractivity contribution in [2.45, 2.75) is 38.8 Å². The minimum atomic E-state index is -0.181. The van der Waals surface area contributed by atoms with Gasteiger partial charge in [0.2, 0.25) is 0 Å². The lowest BCUT2D eigenvalue weighted by Gasteiger charge is -2.18. The summed E-state index contributed by atoms with van der Waals surface area (Å²) in [7, 11) is 0. The number of benzene rings is 1. The van der Waals surface area contributed by atoms with Gasteiger partial charge in [-0.25, -0.2) is 4.39 Å². The van der Waals surface area contributed by atoms with E-state index in [2.05, 4.69) is 4.90 Å². The Morgan fingerprint density at radius 3 is 2.61 bits per heavy atom. The number of halogens is 1. The molecule has 1 aliphatic heterocycles. The Hall–Kier alpha value is -1.94. The number of rotatable bonds is 4. The van der Waals surface area contributed by atoms with Gasteiger partial charge in [-0.1, -0.05) is 18.2 Å². The van der Waals surface area contributed by atoms with Crippen LogP contribution in [-0.4, -0.2) is 22.6 Å². The SMILES string of the molecule is CC(C)n1cc(CN2CC[C@H](c3ccc(F)cc3)C2)ccc1=O. The molecule has 1 saturated heterocycles. The van der Waals surface area contributed by atoms with Gasteiger partial charge >= 0.3 is 0 Å². The zero-order valence-electron chi connectivity index (χ0n) is 13.7. The summed E-state index contributed by atoms with van der Waals surface area (Å²) in [5.41, 5.74) is 2.42. The second-order valence-corrected chi connectivity index (χ2v) is 6.65. The molecular weight excluding hydrogens is 291 g/mol. The van der Waals surface area contributed by atoms with E-state index in [1.54, 1.807) is 10.6 Å². The summed E-state index contributed by atoms with van der Waals surface area (Å²) >= 11 is 0. The average molecular weight is 314 g/mol. The maximum atomic E-state index is 13.0. The predicted octanol–water partition coefficient (Wildman–Crippen LogP) is 3.56. The third-order valence-electron chi connectivity index (χ3n) is 4.58. The van der Waals surface area contributed by atoms with Crippen LogP contribution in [0.15, 0.2) is 47.4 Å². The monoisotopic (exact) mass is 314 g/mol. The van der Waals surface area contributed by atoms with Gasteiger partial charge in [-0.2, -0.15) is 0 Å². The molecule has 1 aliphatic rings. The summed E-state index contributed by atoms with van der Waals surface area (Å²) in [6.07, 6.45) is 3.06. The molecule has 0 saturated carbocycles. The van der Waals surface area contributed by atoms with Crippen LogP contribution in [-0.2, 0) is 6.54 Å². The molecule has 1 atom stereocenters. The van der Waals surface area contributed by atoms with Crippen molar-refractivity contribution in [3.63, 3.8) is 0 Å². The largest absolute Gasteiger partial charge is 0.313 e. The highest BCUT2D eigenvalue weighted by molar-refractivity contribution is 5.22. The summed E-state index contributed by atoms with van der Waals surface area (Å²) in [6.45, 7) is 6.90. The standard InChI is InChI=1S/C19H23FN2O/c1-14(2)22-12-15(3-8-19(22)23)11-21-10-9-17(13-21)16-4-6-18(20)7-5-16/h3-8,12,14,17H,9-11,13H2,1-2H3/t17-/m0/s1. The summed E-state index contributed by atoms with van der Waals surface area (Å²) in [5, 5.41) is 0. The Morgan fingerprint density at radius 1 is 1.17 bits per heavy atom. The van der Waals surface area contributed by atoms with E-state index in [9.17, 15) is 9.18 Å². The van der Waals surface area contributed by atoms with E-state index in [0.717, 1.165) is 31.6 Å². The van der Waals surface area contributed by atoms with Crippen LogP contribution in [0.2, 0.25) is 0 Å². The molecule has 0 aliphatic carbocycles. The molecule has 0 amide bonds. The number of aromatic nitrogens is 1. The lowest BCUT2D eigenvalue weighted by molar-refractivity contribution is 0.325. The predicted molar refractivity (Wildman–Crippen MR) is 90.1 cm³/mol. The van der Waals surface area contributed by atoms with Crippen LogP contribution in [0.4, 0.5) is 4.39 Å². The second kappa shape index (κ2) is 6.67. The second-order valence-electron chi connectivity index (χ2n) is 6.65. The van der Waals surface area contributed by atoms with Gasteiger partial charge in [-0.05, 0) is 56.0 Å². The first-order chi connectivity index (χ1) is 11.0. The summed E-state index contributed by atoms with van der Waals surface area (Å²) in [6, 6.07) is 10.6. The van der Waals surface area contributed by atoms with Gasteiger partial charge in [0.15, 0.2) is 0 Å². The van der Waals surface area contributed by atoms with Gasteiger partial charge in [0.1, 0.15) is 5.82 Å². The number of likely N-dealkylation sites (tertiary alicyclic amines) is 1. The fraction of sp³-hybridized carbons (Fsp3) is 0.421. The summed E-state index contributed by atoms with van der Waals surface area (Å²) in [5.74, 6) is 0.283. The fourth-order valence-corrected chi connectivity index (χ4v) is 3.29. The van der Waals surface area contributed by atoms with E-state index in [1.807, 2.05) is 38.2 Å². The van der Waals surface area contributed by atoms with E-state index < -0.39 is 0 Å². The number of pyridine rings is 1. The quantitative estimate of drug-likeness (QED) is 0.862. The number of nitrogens with zero attached hydrogens (tertiary/aromatic N) is 2. The molecular formula is C19H23FN2O. The molecule has 4 heteroatoms. The molecule has 1 aromatic heterocycles. The molecule has 0 unspecified atom stereocenters. The van der Waals surface area contributed by atoms with E-state index in [0.29, 0.717) is 5.92 Å². The smallest absolute Gasteiger partial charge is 0.250 e. The van der Waals surface area contributed by atoms with Crippen molar-refractivity contribution < 1.29 is 4.39 Å². The van der Waals surface area contributed by atoms with Gasteiger partial charge in [-0.3, -0.25) is 9.69 Å². The Morgan fingerprint density at radius 2 is 1.91 bits per heavy atom. The van der Waals surface area contributed by atoms with E-state index in [1.165, 1.54) is 17.7 Å². The fourth-order valence-electron chi connectivity index (χ4n) is 3.29. The Balaban J connectivity index is 1.67. The Bertz CT molecular complexity index is 721. The maximum absolute atomic E-state index is 13.0. The van der Waals surface area contributed by atoms with Crippen molar-refractivity contribution >= 4 is 0 Å². The molecule has 122 valence electrons. The molecule has 2 heterocycles. The molecule has 0 N–H and O–H groups in total. The minimum Gasteiger partial charge on any atom is -0.313 e. The zero-order valence-corrected chi connectivity index (χ0v) is 13.7. The first-order valence-corrected chi connectivity index (χ1v) is 8.22. The van der Waals surface area contributed by atoms with E-state index >= 15 is 0 Å². The topological polar surface area (TPSA) is 25.2 Å². The van der Waals surface area contributed by atoms with Crippen molar-refractivity contribution in [2.24, 2.45) is 0 Å². The molecule has 0 spiro atoms. The van der Waals surface area contributed by atoms with Crippen LogP contribution in [0.25, 0.3) is 0 Å². The van der Waals surface area contributed by atoms with Gasteiger partial charge in [-0.15, -0.1) is 0 Å². The van der Waals surface area contributed by atoms with Crippen LogP contribution in [0.1, 0.15) is 43.4 Å². The third kappa shape index (κ3) is 3.70. The number of hydrogen-bond acceptors (Lipinski definition) is 2. The van der Waals surface area contributed by atoms with E-state index in [-0.39, 0.29) is 17.4 Å². The average Bonchev–Trinajstić information content (AvgIpc) is 2.98. The maximum Gasteiger partial charge on any atom is 0.250 e. The van der Waals surface area contributed by atoms with Crippen molar-refractivity contribution in [3.05, 3.63) is 69.9 Å². The van der Waals surface area contributed by atoms with Crippen LogP contribution in [0, 0.1) is 5.82 Å². The van der Waals surface area contributed by atoms with Gasteiger partial charge in [0.05, 0.1) is 0 Å². The number of hydrogen-bond donors (Lipinski definition) is 0. The highest BCUT2D eigenvalue weighted by atomic mass is 19.1. The Labute approximate surface area is 136 Å². The summed E-state index contributed by atoms with van der Waals surface area (Å²) < 4.78 is 14.8. The first kappa shape index (κ1) is 15.9. The van der Waals surface area contributed by atoms with Crippen LogP contribution in [0.5, 0.6) is 0 Å². The Kier molecular flexibility index (Phi) is 4.62. The molecule has 3 nitrogen and oxygen atoms in total. The van der Waals surface area contributed by atoms with Crippen molar-refractivity contribution in [1.82, 2.24) is 9.47 Å². The highest BCUT2D eigenvalue weighted by Crippen LogP contribution is 2.28. The normalized spacial score (nSPS) is 18.7. The third-order valence-corrected chi connectivity index (χ3v) is 4.58. The van der Waals surface area contributed by atoms with Crippen molar-refractivity contribution in [1.29, 1.82) is 0 Å². The molecule has 23 heavy (non-hydrogen) atoms. The van der Waals surface area contributed by atoms with Gasteiger partial charge < -0.3 is 4.57 Å². The zero-order chi connectivity index (χ0) is 16.4. The highest BCUT2D eigenvalue weighted by Gasteiger charge is 2.24. The van der Waals surface area contributed by atoms with Crippen LogP contribution in [0.3, 0.4) is 0 Å². The molecule has 2 aromatic rings. The molecule has 1 aromatic carbocycles. The molecule has 0 radical (unpaired) electrons. The van der Waals surface area contributed by atoms with Crippen molar-refractivity contribution in [2.75, 3.05) is 13.1 Å². The molecule has 3 rings (SSSR count). The van der Waals surface area contributed by atoms with Crippen molar-refractivity contribution in [3.8, 4) is 0 Å². The first-order valence-electron chi connectivity index (χ1n) is 8.22. The lowest BCUT2D eigenvalue weighted by Crippen LogP contribution is -2.24. The minimum absolute atomic E-state index is 0.0503. The lowest BCUT2D eigenvalue weighted by atomic mass is 9.99. The van der Waals surface area contributed by atoms with Crippen LogP contribution < -0.4 is 5.56 Å². The van der Waals surface area contributed by atoms with E-state index in [4.69, 9.17) is 0 Å². The molecule has 1 fully saturated rings. The summed E-state index contributed by atoms with van der Waals surface area (Å²) in [4.78, 5) is 14.2. The van der Waals surface area contributed by atoms with Gasteiger partial charge in [0, 0.05) is 31.4 Å².